The third-order valence-electron chi connectivity index (χ3n) is 3.25. The lowest BCUT2D eigenvalue weighted by molar-refractivity contribution is -0.141. The highest BCUT2D eigenvalue weighted by Gasteiger charge is 2.37. The Morgan fingerprint density at radius 1 is 1.41 bits per heavy atom. The first kappa shape index (κ1) is 13.8. The van der Waals surface area contributed by atoms with Crippen LogP contribution < -0.4 is 10.6 Å². The molecule has 0 heterocycles. The molecule has 0 bridgehead atoms. The van der Waals surface area contributed by atoms with Crippen LogP contribution in [-0.4, -0.2) is 29.7 Å². The van der Waals surface area contributed by atoms with Crippen molar-refractivity contribution in [2.45, 2.75) is 45.6 Å². The maximum Gasteiger partial charge on any atom is 0.315 e. The lowest BCUT2D eigenvalue weighted by Crippen LogP contribution is -2.41. The topological polar surface area (TPSA) is 78.4 Å². The number of nitrogens with one attached hydrogen (secondary N) is 2. The molecule has 1 rings (SSSR count). The molecule has 17 heavy (non-hydrogen) atoms. The maximum absolute atomic E-state index is 11.5. The van der Waals surface area contributed by atoms with Gasteiger partial charge in [-0.25, -0.2) is 4.79 Å². The fourth-order valence-corrected chi connectivity index (χ4v) is 1.96. The van der Waals surface area contributed by atoms with Crippen molar-refractivity contribution in [1.82, 2.24) is 10.6 Å². The third-order valence-corrected chi connectivity index (χ3v) is 3.25. The van der Waals surface area contributed by atoms with Crippen molar-refractivity contribution in [3.8, 4) is 0 Å². The number of aliphatic carboxylic acids is 1. The predicted molar refractivity (Wildman–Crippen MR) is 64.8 cm³/mol. The molecule has 0 aromatic carbocycles. The maximum atomic E-state index is 11.5. The highest BCUT2D eigenvalue weighted by atomic mass is 16.4. The summed E-state index contributed by atoms with van der Waals surface area (Å²) in [4.78, 5) is 22.2. The SMILES string of the molecule is CCCC1CC1NC(=O)NCC(CC)C(=O)O. The fraction of sp³-hybridized carbons (Fsp3) is 0.833. The summed E-state index contributed by atoms with van der Waals surface area (Å²) >= 11 is 0. The zero-order chi connectivity index (χ0) is 12.8. The minimum Gasteiger partial charge on any atom is -0.481 e. The summed E-state index contributed by atoms with van der Waals surface area (Å²) in [6.07, 6.45) is 3.87. The molecule has 0 aromatic heterocycles. The van der Waals surface area contributed by atoms with E-state index >= 15 is 0 Å². The Morgan fingerprint density at radius 2 is 2.12 bits per heavy atom. The quantitative estimate of drug-likeness (QED) is 0.634. The van der Waals surface area contributed by atoms with E-state index in [1.54, 1.807) is 6.92 Å². The smallest absolute Gasteiger partial charge is 0.315 e. The van der Waals surface area contributed by atoms with Crippen LogP contribution in [0.2, 0.25) is 0 Å². The zero-order valence-electron chi connectivity index (χ0n) is 10.5. The first-order chi connectivity index (χ1) is 8.08. The highest BCUT2D eigenvalue weighted by Crippen LogP contribution is 2.34. The standard InChI is InChI=1S/C12H22N2O3/c1-3-5-9-6-10(9)14-12(17)13-7-8(4-2)11(15)16/h8-10H,3-7H2,1-2H3,(H,15,16)(H2,13,14,17). The lowest BCUT2D eigenvalue weighted by atomic mass is 10.1. The van der Waals surface area contributed by atoms with Gasteiger partial charge in [0.2, 0.25) is 0 Å². The van der Waals surface area contributed by atoms with E-state index in [0.717, 1.165) is 19.3 Å². The molecule has 0 aliphatic heterocycles. The van der Waals surface area contributed by atoms with Crippen molar-refractivity contribution in [2.24, 2.45) is 11.8 Å². The first-order valence-electron chi connectivity index (χ1n) is 6.35. The van der Waals surface area contributed by atoms with Gasteiger partial charge in [0.25, 0.3) is 0 Å². The Hall–Kier alpha value is -1.26. The molecule has 2 amide bonds. The molecule has 98 valence electrons. The second kappa shape index (κ2) is 6.47. The first-order valence-corrected chi connectivity index (χ1v) is 6.35. The number of amides is 2. The van der Waals surface area contributed by atoms with Gasteiger partial charge >= 0.3 is 12.0 Å². The van der Waals surface area contributed by atoms with Gasteiger partial charge in [-0.15, -0.1) is 0 Å². The van der Waals surface area contributed by atoms with E-state index in [9.17, 15) is 9.59 Å². The summed E-state index contributed by atoms with van der Waals surface area (Å²) in [6, 6.07) is 0.0492. The van der Waals surface area contributed by atoms with Crippen molar-refractivity contribution < 1.29 is 14.7 Å². The van der Waals surface area contributed by atoms with Gasteiger partial charge in [0.15, 0.2) is 0 Å². The van der Waals surface area contributed by atoms with Crippen molar-refractivity contribution >= 4 is 12.0 Å². The van der Waals surface area contributed by atoms with Crippen LogP contribution in [0.4, 0.5) is 4.79 Å². The van der Waals surface area contributed by atoms with Crippen molar-refractivity contribution in [3.05, 3.63) is 0 Å². The van der Waals surface area contributed by atoms with Gasteiger partial charge in [0.05, 0.1) is 5.92 Å². The van der Waals surface area contributed by atoms with E-state index in [0.29, 0.717) is 18.4 Å². The number of carboxylic acid groups (broad SMARTS) is 1. The molecule has 3 unspecified atom stereocenters. The third kappa shape index (κ3) is 4.63. The summed E-state index contributed by atoms with van der Waals surface area (Å²) in [5.74, 6) is -0.735. The van der Waals surface area contributed by atoms with Crippen LogP contribution in [0.25, 0.3) is 0 Å². The van der Waals surface area contributed by atoms with Gasteiger partial charge in [0, 0.05) is 12.6 Å². The molecular formula is C12H22N2O3. The van der Waals surface area contributed by atoms with E-state index in [2.05, 4.69) is 17.6 Å². The summed E-state index contributed by atoms with van der Waals surface area (Å²) < 4.78 is 0. The molecule has 5 nitrogen and oxygen atoms in total. The number of hydrogen-bond acceptors (Lipinski definition) is 2. The van der Waals surface area contributed by atoms with Crippen LogP contribution in [-0.2, 0) is 4.79 Å². The summed E-state index contributed by atoms with van der Waals surface area (Å²) in [5, 5.41) is 14.3. The van der Waals surface area contributed by atoms with Crippen molar-refractivity contribution in [1.29, 1.82) is 0 Å². The van der Waals surface area contributed by atoms with E-state index in [1.807, 2.05) is 0 Å². The number of hydrogen-bond donors (Lipinski definition) is 3. The average molecular weight is 242 g/mol. The van der Waals surface area contributed by atoms with Gasteiger partial charge in [0.1, 0.15) is 0 Å². The van der Waals surface area contributed by atoms with Crippen LogP contribution in [0.5, 0.6) is 0 Å². The molecule has 0 aromatic rings. The van der Waals surface area contributed by atoms with Crippen molar-refractivity contribution in [3.63, 3.8) is 0 Å². The Morgan fingerprint density at radius 3 is 2.65 bits per heavy atom. The van der Waals surface area contributed by atoms with E-state index in [1.165, 1.54) is 0 Å². The van der Waals surface area contributed by atoms with Crippen LogP contribution in [0.15, 0.2) is 0 Å². The van der Waals surface area contributed by atoms with Gasteiger partial charge in [-0.2, -0.15) is 0 Å². The van der Waals surface area contributed by atoms with Crippen LogP contribution in [0.3, 0.4) is 0 Å². The molecule has 5 heteroatoms. The minimum atomic E-state index is -0.858. The van der Waals surface area contributed by atoms with Crippen LogP contribution >= 0.6 is 0 Å². The number of rotatable bonds is 7. The summed E-state index contributed by atoms with van der Waals surface area (Å²) in [7, 11) is 0. The minimum absolute atomic E-state index is 0.197. The van der Waals surface area contributed by atoms with Gasteiger partial charge in [-0.1, -0.05) is 20.3 Å². The molecular weight excluding hydrogens is 220 g/mol. The number of urea groups is 1. The molecule has 3 atom stereocenters. The molecule has 0 spiro atoms. The largest absolute Gasteiger partial charge is 0.481 e. The number of carbonyl (C=O) groups excluding carboxylic acids is 1. The Labute approximate surface area is 102 Å². The van der Waals surface area contributed by atoms with Gasteiger partial charge < -0.3 is 15.7 Å². The second-order valence-corrected chi connectivity index (χ2v) is 4.69. The monoisotopic (exact) mass is 242 g/mol. The summed E-state index contributed by atoms with van der Waals surface area (Å²) in [6.45, 7) is 4.13. The Balaban J connectivity index is 2.16. The van der Waals surface area contributed by atoms with Crippen molar-refractivity contribution in [2.75, 3.05) is 6.54 Å². The molecule has 3 N–H and O–H groups in total. The van der Waals surface area contributed by atoms with E-state index in [-0.39, 0.29) is 12.6 Å². The van der Waals surface area contributed by atoms with Gasteiger partial charge in [-0.3, -0.25) is 4.79 Å². The molecule has 0 radical (unpaired) electrons. The summed E-state index contributed by atoms with van der Waals surface area (Å²) in [5.41, 5.74) is 0. The molecule has 1 fully saturated rings. The molecule has 1 saturated carbocycles. The Kier molecular flexibility index (Phi) is 5.25. The van der Waals surface area contributed by atoms with Crippen LogP contribution in [0, 0.1) is 11.8 Å². The fourth-order valence-electron chi connectivity index (χ4n) is 1.96. The second-order valence-electron chi connectivity index (χ2n) is 4.69. The van der Waals surface area contributed by atoms with Crippen LogP contribution in [0.1, 0.15) is 39.5 Å². The predicted octanol–water partition coefficient (Wildman–Crippen LogP) is 1.58. The number of carbonyl (C=O) groups is 2. The highest BCUT2D eigenvalue weighted by molar-refractivity contribution is 5.76. The Bertz CT molecular complexity index is 281. The number of carboxylic acids is 1. The zero-order valence-corrected chi connectivity index (χ0v) is 10.5. The van der Waals surface area contributed by atoms with E-state index in [4.69, 9.17) is 5.11 Å². The average Bonchev–Trinajstić information content (AvgIpc) is 2.97. The van der Waals surface area contributed by atoms with E-state index < -0.39 is 11.9 Å². The normalized spacial score (nSPS) is 23.9. The molecule has 1 aliphatic carbocycles. The molecule has 1 aliphatic rings. The molecule has 0 saturated heterocycles. The van der Waals surface area contributed by atoms with Gasteiger partial charge in [-0.05, 0) is 25.2 Å². The lowest BCUT2D eigenvalue weighted by Gasteiger charge is -2.11.